The molecular weight excluding hydrogens is 500 g/mol. The Kier molecular flexibility index (Phi) is 5.91. The molecule has 6 nitrogen and oxygen atoms in total. The number of halogens is 6. The standard InChI is InChI=1S/C22H15F6N3O3S/c23-21(24,25)14-8-15(22(26,27)28)10-17(9-14)35(33,34)30-16-6-7-19-18(11-16)20(32)29-31(19)12-13-4-2-1-3-5-13/h1-11,30H,12H2,(H,29,32). The summed E-state index contributed by atoms with van der Waals surface area (Å²) in [5, 5.41) is 2.68. The first-order valence-electron chi connectivity index (χ1n) is 9.83. The Balaban J connectivity index is 1.71. The Morgan fingerprint density at radius 3 is 2.00 bits per heavy atom. The van der Waals surface area contributed by atoms with Gasteiger partial charge in [0.25, 0.3) is 15.6 Å². The lowest BCUT2D eigenvalue weighted by Gasteiger charge is -2.15. The fourth-order valence-electron chi connectivity index (χ4n) is 3.45. The SMILES string of the molecule is O=c1[nH]n(Cc2ccccc2)c2ccc(NS(=O)(=O)c3cc(C(F)(F)F)cc(C(F)(F)F)c3)cc12. The third-order valence-corrected chi connectivity index (χ3v) is 6.44. The second-order valence-electron chi connectivity index (χ2n) is 7.59. The lowest BCUT2D eigenvalue weighted by Crippen LogP contribution is -2.17. The van der Waals surface area contributed by atoms with Gasteiger partial charge >= 0.3 is 12.4 Å². The maximum atomic E-state index is 13.1. The zero-order chi connectivity index (χ0) is 25.6. The number of hydrogen-bond donors (Lipinski definition) is 2. The van der Waals surface area contributed by atoms with E-state index in [-0.39, 0.29) is 29.3 Å². The average Bonchev–Trinajstić information content (AvgIpc) is 3.07. The first-order chi connectivity index (χ1) is 16.2. The number of aromatic amines is 1. The summed E-state index contributed by atoms with van der Waals surface area (Å²) in [7, 11) is -4.87. The van der Waals surface area contributed by atoms with Crippen LogP contribution in [-0.2, 0) is 28.9 Å². The summed E-state index contributed by atoms with van der Waals surface area (Å²) in [6.45, 7) is 0.301. The highest BCUT2D eigenvalue weighted by Crippen LogP contribution is 2.37. The van der Waals surface area contributed by atoms with E-state index in [0.29, 0.717) is 12.1 Å². The molecule has 0 fully saturated rings. The van der Waals surface area contributed by atoms with Crippen LogP contribution in [0.15, 0.2) is 76.4 Å². The van der Waals surface area contributed by atoms with Gasteiger partial charge in [-0.15, -0.1) is 0 Å². The third-order valence-electron chi connectivity index (χ3n) is 5.08. The van der Waals surface area contributed by atoms with Gasteiger partial charge < -0.3 is 0 Å². The molecular formula is C22H15F6N3O3S. The smallest absolute Gasteiger partial charge is 0.280 e. The molecule has 2 N–H and O–H groups in total. The van der Waals surface area contributed by atoms with Gasteiger partial charge in [0.2, 0.25) is 0 Å². The number of nitrogens with zero attached hydrogens (tertiary/aromatic N) is 1. The van der Waals surface area contributed by atoms with Crippen LogP contribution in [0.5, 0.6) is 0 Å². The van der Waals surface area contributed by atoms with Crippen molar-refractivity contribution < 1.29 is 34.8 Å². The van der Waals surface area contributed by atoms with Gasteiger partial charge in [0.05, 0.1) is 33.5 Å². The number of sulfonamides is 1. The van der Waals surface area contributed by atoms with Crippen molar-refractivity contribution in [2.45, 2.75) is 23.8 Å². The monoisotopic (exact) mass is 515 g/mol. The van der Waals surface area contributed by atoms with Crippen LogP contribution < -0.4 is 10.3 Å². The number of H-pyrrole nitrogens is 1. The number of benzene rings is 3. The van der Waals surface area contributed by atoms with Gasteiger partial charge in [0.15, 0.2) is 0 Å². The zero-order valence-electron chi connectivity index (χ0n) is 17.4. The summed E-state index contributed by atoms with van der Waals surface area (Å²) >= 11 is 0. The van der Waals surface area contributed by atoms with Gasteiger partial charge in [-0.1, -0.05) is 30.3 Å². The maximum Gasteiger partial charge on any atom is 0.416 e. The molecule has 3 aromatic carbocycles. The van der Waals surface area contributed by atoms with Crippen LogP contribution in [0.3, 0.4) is 0 Å². The zero-order valence-corrected chi connectivity index (χ0v) is 18.2. The molecule has 4 aromatic rings. The summed E-state index contributed by atoms with van der Waals surface area (Å²) in [6, 6.07) is 12.9. The molecule has 0 bridgehead atoms. The molecule has 0 amide bonds. The molecule has 0 aliphatic rings. The summed E-state index contributed by atoms with van der Waals surface area (Å²) in [5.41, 5.74) is -3.02. The maximum absolute atomic E-state index is 13.1. The predicted molar refractivity (Wildman–Crippen MR) is 115 cm³/mol. The molecule has 13 heteroatoms. The first kappa shape index (κ1) is 24.4. The van der Waals surface area contributed by atoms with Gasteiger partial charge in [-0.05, 0) is 42.0 Å². The fourth-order valence-corrected chi connectivity index (χ4v) is 4.57. The number of rotatable bonds is 5. The van der Waals surface area contributed by atoms with Crippen LogP contribution in [0, 0.1) is 0 Å². The van der Waals surface area contributed by atoms with Gasteiger partial charge in [-0.3, -0.25) is 19.3 Å². The Morgan fingerprint density at radius 1 is 0.829 bits per heavy atom. The van der Waals surface area contributed by atoms with Gasteiger partial charge in [-0.25, -0.2) is 8.42 Å². The average molecular weight is 515 g/mol. The molecule has 4 rings (SSSR count). The van der Waals surface area contributed by atoms with Crippen molar-refractivity contribution in [1.82, 2.24) is 9.78 Å². The Bertz CT molecular complexity index is 1520. The molecule has 35 heavy (non-hydrogen) atoms. The second kappa shape index (κ2) is 8.48. The van der Waals surface area contributed by atoms with E-state index < -0.39 is 44.0 Å². The van der Waals surface area contributed by atoms with Crippen molar-refractivity contribution in [3.05, 3.63) is 93.8 Å². The van der Waals surface area contributed by atoms with E-state index in [1.165, 1.54) is 16.8 Å². The van der Waals surface area contributed by atoms with Gasteiger partial charge in [-0.2, -0.15) is 26.3 Å². The second-order valence-corrected chi connectivity index (χ2v) is 9.27. The number of nitrogens with one attached hydrogen (secondary N) is 2. The van der Waals surface area contributed by atoms with E-state index in [1.54, 1.807) is 0 Å². The molecule has 184 valence electrons. The topological polar surface area (TPSA) is 84.0 Å². The van der Waals surface area contributed by atoms with E-state index in [9.17, 15) is 39.6 Å². The van der Waals surface area contributed by atoms with E-state index in [0.717, 1.165) is 11.6 Å². The molecule has 0 aliphatic carbocycles. The number of hydrogen-bond acceptors (Lipinski definition) is 3. The molecule has 0 radical (unpaired) electrons. The highest BCUT2D eigenvalue weighted by Gasteiger charge is 2.38. The van der Waals surface area contributed by atoms with E-state index in [1.807, 2.05) is 35.1 Å². The minimum Gasteiger partial charge on any atom is -0.280 e. The third kappa shape index (κ3) is 5.19. The van der Waals surface area contributed by atoms with Gasteiger partial charge in [0.1, 0.15) is 0 Å². The summed E-state index contributed by atoms with van der Waals surface area (Å²) in [6.07, 6.45) is -10.4. The minimum atomic E-state index is -5.21. The van der Waals surface area contributed by atoms with Crippen molar-refractivity contribution in [3.63, 3.8) is 0 Å². The molecule has 0 atom stereocenters. The van der Waals surface area contributed by atoms with Crippen LogP contribution in [0.4, 0.5) is 32.0 Å². The minimum absolute atomic E-state index is 0.0705. The lowest BCUT2D eigenvalue weighted by atomic mass is 10.1. The molecule has 0 aliphatic heterocycles. The highest BCUT2D eigenvalue weighted by molar-refractivity contribution is 7.92. The van der Waals surface area contributed by atoms with E-state index >= 15 is 0 Å². The summed E-state index contributed by atoms with van der Waals surface area (Å²) in [4.78, 5) is 11.2. The van der Waals surface area contributed by atoms with Crippen LogP contribution in [-0.4, -0.2) is 18.2 Å². The van der Waals surface area contributed by atoms with Gasteiger partial charge in [0, 0.05) is 5.69 Å². The van der Waals surface area contributed by atoms with E-state index in [2.05, 4.69) is 5.10 Å². The number of alkyl halides is 6. The highest BCUT2D eigenvalue weighted by atomic mass is 32.2. The molecule has 0 unspecified atom stereocenters. The van der Waals surface area contributed by atoms with Crippen LogP contribution >= 0.6 is 0 Å². The summed E-state index contributed by atoms with van der Waals surface area (Å²) < 4.78 is 107. The number of aromatic nitrogens is 2. The number of anilines is 1. The van der Waals surface area contributed by atoms with Crippen LogP contribution in [0.25, 0.3) is 10.9 Å². The van der Waals surface area contributed by atoms with E-state index in [4.69, 9.17) is 0 Å². The fraction of sp³-hybridized carbons (Fsp3) is 0.136. The summed E-state index contributed by atoms with van der Waals surface area (Å²) in [5.74, 6) is 0. The molecule has 1 heterocycles. The van der Waals surface area contributed by atoms with Crippen molar-refractivity contribution >= 4 is 26.6 Å². The first-order valence-corrected chi connectivity index (χ1v) is 11.3. The molecule has 0 spiro atoms. The predicted octanol–water partition coefficient (Wildman–Crippen LogP) is 5.22. The Morgan fingerprint density at radius 2 is 1.43 bits per heavy atom. The van der Waals surface area contributed by atoms with Crippen LogP contribution in [0.1, 0.15) is 16.7 Å². The lowest BCUT2D eigenvalue weighted by molar-refractivity contribution is -0.143. The van der Waals surface area contributed by atoms with Crippen LogP contribution in [0.2, 0.25) is 0 Å². The Labute approximate surface area is 193 Å². The largest absolute Gasteiger partial charge is 0.416 e. The van der Waals surface area contributed by atoms with Crippen molar-refractivity contribution in [3.8, 4) is 0 Å². The Hall–Kier alpha value is -3.74. The van der Waals surface area contributed by atoms with Crippen molar-refractivity contribution in [2.75, 3.05) is 4.72 Å². The quantitative estimate of drug-likeness (QED) is 0.358. The molecule has 0 saturated carbocycles. The molecule has 0 saturated heterocycles. The normalized spacial score (nSPS) is 12.7. The number of fused-ring (bicyclic) bond motifs is 1. The molecule has 1 aromatic heterocycles. The van der Waals surface area contributed by atoms with Crippen molar-refractivity contribution in [1.29, 1.82) is 0 Å². The van der Waals surface area contributed by atoms with Crippen molar-refractivity contribution in [2.24, 2.45) is 0 Å².